The number of amides is 1. The molecule has 2 aliphatic rings. The molecule has 0 radical (unpaired) electrons. The average Bonchev–Trinajstić information content (AvgIpc) is 3.24. The van der Waals surface area contributed by atoms with Gasteiger partial charge in [-0.1, -0.05) is 6.42 Å². The number of carbonyl (C=O) groups is 1. The van der Waals surface area contributed by atoms with Crippen molar-refractivity contribution in [1.29, 1.82) is 0 Å². The zero-order valence-electron chi connectivity index (χ0n) is 16.6. The predicted octanol–water partition coefficient (Wildman–Crippen LogP) is 2.42. The minimum atomic E-state index is -0.0686. The number of H-pyrrole nitrogens is 1. The summed E-state index contributed by atoms with van der Waals surface area (Å²) in [6.07, 6.45) is 6.36. The van der Waals surface area contributed by atoms with Gasteiger partial charge in [0.25, 0.3) is 5.91 Å². The second-order valence-electron chi connectivity index (χ2n) is 8.05. The number of fused-ring (bicyclic) bond motifs is 1. The van der Waals surface area contributed by atoms with Crippen LogP contribution in [0.5, 0.6) is 0 Å². The molecule has 2 atom stereocenters. The lowest BCUT2D eigenvalue weighted by atomic mass is 9.83. The molecular weight excluding hydrogens is 340 g/mol. The average molecular weight is 371 g/mol. The third-order valence-electron chi connectivity index (χ3n) is 6.34. The van der Waals surface area contributed by atoms with Crippen LogP contribution in [0.15, 0.2) is 6.07 Å². The monoisotopic (exact) mass is 370 g/mol. The molecule has 2 aromatic rings. The van der Waals surface area contributed by atoms with Gasteiger partial charge in [-0.05, 0) is 64.6 Å². The molecular formula is C20H30N6O. The van der Waals surface area contributed by atoms with E-state index in [1.807, 2.05) is 31.6 Å². The highest BCUT2D eigenvalue weighted by atomic mass is 16.1. The normalized spacial score (nSPS) is 23.2. The number of aryl methyl sites for hydroxylation is 2. The van der Waals surface area contributed by atoms with Crippen LogP contribution in [0.1, 0.15) is 54.0 Å². The molecule has 2 N–H and O–H groups in total. The third kappa shape index (κ3) is 3.52. The lowest BCUT2D eigenvalue weighted by molar-refractivity contribution is 0.0575. The van der Waals surface area contributed by atoms with Gasteiger partial charge in [0.15, 0.2) is 0 Å². The summed E-state index contributed by atoms with van der Waals surface area (Å²) < 4.78 is 1.85. The summed E-state index contributed by atoms with van der Waals surface area (Å²) in [5.41, 5.74) is 4.26. The number of carbonyl (C=O) groups excluding carboxylic acids is 1. The van der Waals surface area contributed by atoms with Gasteiger partial charge in [0.05, 0.1) is 11.4 Å². The van der Waals surface area contributed by atoms with Crippen LogP contribution in [0, 0.1) is 19.8 Å². The van der Waals surface area contributed by atoms with Crippen molar-refractivity contribution in [3.05, 3.63) is 23.1 Å². The Balaban J connectivity index is 1.41. The van der Waals surface area contributed by atoms with Crippen molar-refractivity contribution in [2.45, 2.75) is 52.0 Å². The largest absolute Gasteiger partial charge is 0.350 e. The van der Waals surface area contributed by atoms with Crippen molar-refractivity contribution in [1.82, 2.24) is 30.2 Å². The van der Waals surface area contributed by atoms with E-state index in [4.69, 9.17) is 0 Å². The first-order valence-corrected chi connectivity index (χ1v) is 10.1. The van der Waals surface area contributed by atoms with Crippen LogP contribution in [-0.4, -0.2) is 56.5 Å². The van der Waals surface area contributed by atoms with Crippen LogP contribution in [0.2, 0.25) is 0 Å². The highest BCUT2D eigenvalue weighted by Gasteiger charge is 2.33. The quantitative estimate of drug-likeness (QED) is 0.866. The fourth-order valence-electron chi connectivity index (χ4n) is 4.84. The molecule has 0 saturated carbocycles. The van der Waals surface area contributed by atoms with Gasteiger partial charge in [-0.3, -0.25) is 14.6 Å². The minimum absolute atomic E-state index is 0.0686. The zero-order valence-corrected chi connectivity index (χ0v) is 16.6. The molecule has 2 aliphatic heterocycles. The number of aromatic nitrogens is 4. The Labute approximate surface area is 160 Å². The molecule has 2 fully saturated rings. The molecule has 0 aliphatic carbocycles. The molecule has 4 heterocycles. The van der Waals surface area contributed by atoms with Crippen LogP contribution >= 0.6 is 0 Å². The number of rotatable bonds is 4. The smallest absolute Gasteiger partial charge is 0.269 e. The summed E-state index contributed by atoms with van der Waals surface area (Å²) in [6, 6.07) is 2.48. The third-order valence-corrected chi connectivity index (χ3v) is 6.34. The Morgan fingerprint density at radius 1 is 1.26 bits per heavy atom. The maximum Gasteiger partial charge on any atom is 0.269 e. The van der Waals surface area contributed by atoms with Crippen molar-refractivity contribution in [2.24, 2.45) is 13.0 Å². The fraction of sp³-hybridized carbons (Fsp3) is 0.650. The Bertz CT molecular complexity index is 821. The van der Waals surface area contributed by atoms with Gasteiger partial charge in [0.2, 0.25) is 0 Å². The standard InChI is InChI=1S/C20H30N6O/c1-13-19(14(2)25(3)24-13)16-11-17(23-22-16)20(27)21-12-15-7-6-10-26-9-5-4-8-18(15)26/h11,15,18H,4-10,12H2,1-3H3,(H,21,27)(H,22,23)/t15-,18+/m0/s1. The number of piperidine rings is 2. The van der Waals surface area contributed by atoms with Crippen LogP contribution in [0.4, 0.5) is 0 Å². The molecule has 7 nitrogen and oxygen atoms in total. The molecule has 27 heavy (non-hydrogen) atoms. The molecule has 4 rings (SSSR count). The van der Waals surface area contributed by atoms with Crippen LogP contribution < -0.4 is 5.32 Å². The van der Waals surface area contributed by atoms with E-state index in [1.54, 1.807) is 0 Å². The van der Waals surface area contributed by atoms with E-state index in [0.717, 1.165) is 29.2 Å². The van der Waals surface area contributed by atoms with Crippen LogP contribution in [-0.2, 0) is 7.05 Å². The SMILES string of the molecule is Cc1nn(C)c(C)c1-c1cc(C(=O)NC[C@@H]2CCCN3CCCC[C@H]23)[nH]n1. The first-order chi connectivity index (χ1) is 13.0. The predicted molar refractivity (Wildman–Crippen MR) is 105 cm³/mol. The van der Waals surface area contributed by atoms with E-state index in [-0.39, 0.29) is 5.91 Å². The van der Waals surface area contributed by atoms with E-state index in [0.29, 0.717) is 17.7 Å². The zero-order chi connectivity index (χ0) is 19.0. The summed E-state index contributed by atoms with van der Waals surface area (Å²) >= 11 is 0. The summed E-state index contributed by atoms with van der Waals surface area (Å²) in [6.45, 7) is 7.18. The van der Waals surface area contributed by atoms with Gasteiger partial charge in [0.1, 0.15) is 5.69 Å². The molecule has 0 unspecified atom stereocenters. The first kappa shape index (κ1) is 18.2. The van der Waals surface area contributed by atoms with Gasteiger partial charge < -0.3 is 10.2 Å². The second kappa shape index (κ2) is 7.46. The van der Waals surface area contributed by atoms with Gasteiger partial charge in [0, 0.05) is 30.9 Å². The van der Waals surface area contributed by atoms with Gasteiger partial charge in [-0.15, -0.1) is 0 Å². The molecule has 0 aromatic carbocycles. The lowest BCUT2D eigenvalue weighted by Gasteiger charge is -2.44. The molecule has 2 aromatic heterocycles. The second-order valence-corrected chi connectivity index (χ2v) is 8.05. The number of nitrogens with one attached hydrogen (secondary N) is 2. The van der Waals surface area contributed by atoms with Gasteiger partial charge >= 0.3 is 0 Å². The molecule has 1 amide bonds. The molecule has 7 heteroatoms. The highest BCUT2D eigenvalue weighted by Crippen LogP contribution is 2.30. The molecule has 0 spiro atoms. The Morgan fingerprint density at radius 3 is 2.85 bits per heavy atom. The number of hydrogen-bond donors (Lipinski definition) is 2. The molecule has 0 bridgehead atoms. The van der Waals surface area contributed by atoms with Gasteiger partial charge in [-0.25, -0.2) is 0 Å². The van der Waals surface area contributed by atoms with E-state index in [9.17, 15) is 4.79 Å². The van der Waals surface area contributed by atoms with Crippen LogP contribution in [0.25, 0.3) is 11.3 Å². The lowest BCUT2D eigenvalue weighted by Crippen LogP contribution is -2.51. The number of nitrogens with zero attached hydrogens (tertiary/aromatic N) is 4. The summed E-state index contributed by atoms with van der Waals surface area (Å²) in [5, 5.41) is 14.8. The first-order valence-electron chi connectivity index (χ1n) is 10.1. The highest BCUT2D eigenvalue weighted by molar-refractivity contribution is 5.93. The van der Waals surface area contributed by atoms with E-state index >= 15 is 0 Å². The van der Waals surface area contributed by atoms with E-state index in [2.05, 4.69) is 25.5 Å². The van der Waals surface area contributed by atoms with Crippen molar-refractivity contribution in [2.75, 3.05) is 19.6 Å². The minimum Gasteiger partial charge on any atom is -0.350 e. The molecule has 146 valence electrons. The van der Waals surface area contributed by atoms with Crippen molar-refractivity contribution >= 4 is 5.91 Å². The Kier molecular flexibility index (Phi) is 5.04. The maximum atomic E-state index is 12.7. The van der Waals surface area contributed by atoms with Crippen molar-refractivity contribution < 1.29 is 4.79 Å². The van der Waals surface area contributed by atoms with Crippen molar-refractivity contribution in [3.8, 4) is 11.3 Å². The number of hydrogen-bond acceptors (Lipinski definition) is 4. The topological polar surface area (TPSA) is 78.8 Å². The van der Waals surface area contributed by atoms with E-state index in [1.165, 1.54) is 45.2 Å². The van der Waals surface area contributed by atoms with Crippen molar-refractivity contribution in [3.63, 3.8) is 0 Å². The maximum absolute atomic E-state index is 12.7. The fourth-order valence-corrected chi connectivity index (χ4v) is 4.84. The molecule has 2 saturated heterocycles. The van der Waals surface area contributed by atoms with E-state index < -0.39 is 0 Å². The summed E-state index contributed by atoms with van der Waals surface area (Å²) in [4.78, 5) is 15.3. The summed E-state index contributed by atoms with van der Waals surface area (Å²) in [5.74, 6) is 0.495. The summed E-state index contributed by atoms with van der Waals surface area (Å²) in [7, 11) is 1.92. The number of aromatic amines is 1. The Morgan fingerprint density at radius 2 is 2.07 bits per heavy atom. The van der Waals surface area contributed by atoms with Crippen LogP contribution in [0.3, 0.4) is 0 Å². The Hall–Kier alpha value is -2.15. The van der Waals surface area contributed by atoms with Gasteiger partial charge in [-0.2, -0.15) is 10.2 Å².